The fraction of sp³-hybridized carbons (Fsp3) is 0.0833. The van der Waals surface area contributed by atoms with Crippen LogP contribution < -0.4 is 5.32 Å². The third kappa shape index (κ3) is 3.58. The Bertz CT molecular complexity index is 1460. The van der Waals surface area contributed by atoms with Gasteiger partial charge < -0.3 is 9.88 Å². The molecule has 0 atom stereocenters. The van der Waals surface area contributed by atoms with Crippen LogP contribution in [0.4, 0.5) is 5.69 Å². The van der Waals surface area contributed by atoms with Crippen LogP contribution in [-0.2, 0) is 7.05 Å². The van der Waals surface area contributed by atoms with Gasteiger partial charge in [-0.3, -0.25) is 4.79 Å². The van der Waals surface area contributed by atoms with E-state index < -0.39 is 0 Å². The molecule has 0 aliphatic heterocycles. The van der Waals surface area contributed by atoms with Crippen molar-refractivity contribution in [2.75, 3.05) is 5.32 Å². The van der Waals surface area contributed by atoms with Crippen LogP contribution in [-0.4, -0.2) is 31.1 Å². The third-order valence-corrected chi connectivity index (χ3v) is 6.04. The van der Waals surface area contributed by atoms with Gasteiger partial charge in [-0.15, -0.1) is 10.2 Å². The van der Waals surface area contributed by atoms with Crippen molar-refractivity contribution < 1.29 is 4.79 Å². The Balaban J connectivity index is 1.51. The topological polar surface area (TPSA) is 88.5 Å². The van der Waals surface area contributed by atoms with E-state index in [1.165, 1.54) is 11.1 Å². The molecule has 5 rings (SSSR count). The first-order chi connectivity index (χ1) is 15.5. The van der Waals surface area contributed by atoms with Gasteiger partial charge in [0, 0.05) is 28.0 Å². The summed E-state index contributed by atoms with van der Waals surface area (Å²) in [5, 5.41) is 18.2. The lowest BCUT2D eigenvalue weighted by Crippen LogP contribution is -2.16. The van der Waals surface area contributed by atoms with Gasteiger partial charge in [0.05, 0.1) is 5.69 Å². The van der Waals surface area contributed by atoms with Crippen LogP contribution in [0.3, 0.4) is 0 Å². The molecule has 0 bridgehead atoms. The maximum absolute atomic E-state index is 13.2. The average molecular weight is 487 g/mol. The Morgan fingerprint density at radius 1 is 1.03 bits per heavy atom. The molecular weight excluding hydrogens is 468 g/mol. The van der Waals surface area contributed by atoms with Crippen molar-refractivity contribution in [3.63, 3.8) is 0 Å². The number of rotatable bonds is 4. The normalized spacial score (nSPS) is 11.1. The number of nitrogens with zero attached hydrogens (tertiary/aromatic N) is 4. The largest absolute Gasteiger partial charge is 0.340 e. The highest BCUT2D eigenvalue weighted by Crippen LogP contribution is 2.31. The molecular formula is C24H19BrN6O. The molecule has 5 aromatic rings. The Hall–Kier alpha value is -3.78. The number of carbonyl (C=O) groups excluding carboxylic acids is 1. The Morgan fingerprint density at radius 2 is 1.88 bits per heavy atom. The standard InChI is InChI=1S/C24H19BrN6O/c1-14-5-3-4-6-18(14)15-7-8-16-12-22(31(2)21(16)11-15)24(32)26-20-10-9-17(25)13-19(20)23-27-29-30-28-23/h3-13H,1-2H3,(H,26,32)(H,27,28,29,30). The maximum Gasteiger partial charge on any atom is 0.272 e. The number of tetrazole rings is 1. The number of amides is 1. The summed E-state index contributed by atoms with van der Waals surface area (Å²) in [5.41, 5.74) is 6.34. The molecule has 2 N–H and O–H groups in total. The molecule has 32 heavy (non-hydrogen) atoms. The van der Waals surface area contributed by atoms with Crippen molar-refractivity contribution in [1.29, 1.82) is 0 Å². The van der Waals surface area contributed by atoms with Gasteiger partial charge in [0.15, 0.2) is 0 Å². The zero-order valence-electron chi connectivity index (χ0n) is 17.4. The Labute approximate surface area is 192 Å². The maximum atomic E-state index is 13.2. The van der Waals surface area contributed by atoms with Crippen LogP contribution in [0.15, 0.2) is 71.2 Å². The van der Waals surface area contributed by atoms with E-state index in [0.717, 1.165) is 20.9 Å². The third-order valence-electron chi connectivity index (χ3n) is 5.55. The molecule has 0 unspecified atom stereocenters. The lowest BCUT2D eigenvalue weighted by molar-refractivity contribution is 0.102. The molecule has 2 aromatic heterocycles. The second kappa shape index (κ2) is 8.05. The molecule has 0 saturated heterocycles. The number of halogens is 1. The van der Waals surface area contributed by atoms with Crippen LogP contribution in [0.1, 0.15) is 16.1 Å². The number of aromatic nitrogens is 5. The molecule has 0 spiro atoms. The fourth-order valence-corrected chi connectivity index (χ4v) is 4.25. The van der Waals surface area contributed by atoms with E-state index >= 15 is 0 Å². The number of aryl methyl sites for hydroxylation is 2. The minimum absolute atomic E-state index is 0.215. The van der Waals surface area contributed by atoms with Gasteiger partial charge in [-0.25, -0.2) is 0 Å². The zero-order chi connectivity index (χ0) is 22.2. The van der Waals surface area contributed by atoms with Crippen molar-refractivity contribution in [3.05, 3.63) is 82.5 Å². The van der Waals surface area contributed by atoms with Gasteiger partial charge in [-0.1, -0.05) is 52.3 Å². The number of anilines is 1. The lowest BCUT2D eigenvalue weighted by Gasteiger charge is -2.10. The van der Waals surface area contributed by atoms with Crippen molar-refractivity contribution in [3.8, 4) is 22.5 Å². The Kier molecular flexibility index (Phi) is 5.07. The van der Waals surface area contributed by atoms with E-state index in [2.05, 4.69) is 79.1 Å². The van der Waals surface area contributed by atoms with Crippen molar-refractivity contribution in [2.24, 2.45) is 7.05 Å². The van der Waals surface area contributed by atoms with Crippen LogP contribution in [0, 0.1) is 6.92 Å². The molecule has 0 saturated carbocycles. The molecule has 8 heteroatoms. The number of benzene rings is 3. The van der Waals surface area contributed by atoms with Crippen LogP contribution >= 0.6 is 15.9 Å². The summed E-state index contributed by atoms with van der Waals surface area (Å²) in [6.07, 6.45) is 0. The summed E-state index contributed by atoms with van der Waals surface area (Å²) < 4.78 is 2.77. The number of hydrogen-bond acceptors (Lipinski definition) is 4. The van der Waals surface area contributed by atoms with E-state index in [0.29, 0.717) is 22.8 Å². The van der Waals surface area contributed by atoms with Crippen LogP contribution in [0.25, 0.3) is 33.4 Å². The fourth-order valence-electron chi connectivity index (χ4n) is 3.89. The first-order valence-electron chi connectivity index (χ1n) is 10.0. The predicted molar refractivity (Wildman–Crippen MR) is 128 cm³/mol. The summed E-state index contributed by atoms with van der Waals surface area (Å²) in [4.78, 5) is 13.2. The molecule has 0 radical (unpaired) electrons. The summed E-state index contributed by atoms with van der Waals surface area (Å²) in [5.74, 6) is 0.190. The highest BCUT2D eigenvalue weighted by Gasteiger charge is 2.18. The highest BCUT2D eigenvalue weighted by atomic mass is 79.9. The van der Waals surface area contributed by atoms with Crippen molar-refractivity contribution >= 4 is 38.4 Å². The molecule has 1 amide bonds. The number of aromatic amines is 1. The lowest BCUT2D eigenvalue weighted by atomic mass is 10.00. The van der Waals surface area contributed by atoms with Gasteiger partial charge in [0.25, 0.3) is 5.91 Å². The average Bonchev–Trinajstić information content (AvgIpc) is 3.44. The molecule has 2 heterocycles. The second-order valence-electron chi connectivity index (χ2n) is 7.56. The minimum Gasteiger partial charge on any atom is -0.340 e. The smallest absolute Gasteiger partial charge is 0.272 e. The van der Waals surface area contributed by atoms with E-state index in [1.807, 2.05) is 48.0 Å². The first-order valence-corrected chi connectivity index (χ1v) is 10.8. The molecule has 0 fully saturated rings. The second-order valence-corrected chi connectivity index (χ2v) is 8.47. The SMILES string of the molecule is Cc1ccccc1-c1ccc2cc(C(=O)Nc3ccc(Br)cc3-c3nn[nH]n3)n(C)c2c1. The molecule has 3 aromatic carbocycles. The number of H-pyrrole nitrogens is 1. The quantitative estimate of drug-likeness (QED) is 0.358. The van der Waals surface area contributed by atoms with Crippen molar-refractivity contribution in [1.82, 2.24) is 25.2 Å². The van der Waals surface area contributed by atoms with Gasteiger partial charge in [-0.2, -0.15) is 5.21 Å². The molecule has 158 valence electrons. The van der Waals surface area contributed by atoms with Crippen LogP contribution in [0.5, 0.6) is 0 Å². The van der Waals surface area contributed by atoms with Gasteiger partial charge in [-0.05, 0) is 59.2 Å². The molecule has 7 nitrogen and oxygen atoms in total. The molecule has 0 aliphatic carbocycles. The first kappa shape index (κ1) is 20.1. The number of carbonyl (C=O) groups is 1. The van der Waals surface area contributed by atoms with Gasteiger partial charge >= 0.3 is 0 Å². The van der Waals surface area contributed by atoms with Crippen LogP contribution in [0.2, 0.25) is 0 Å². The Morgan fingerprint density at radius 3 is 2.66 bits per heavy atom. The zero-order valence-corrected chi connectivity index (χ0v) is 19.0. The predicted octanol–water partition coefficient (Wildman–Crippen LogP) is 5.35. The number of hydrogen-bond donors (Lipinski definition) is 2. The minimum atomic E-state index is -0.215. The summed E-state index contributed by atoms with van der Waals surface area (Å²) in [6, 6.07) is 22.0. The van der Waals surface area contributed by atoms with E-state index in [1.54, 1.807) is 0 Å². The highest BCUT2D eigenvalue weighted by molar-refractivity contribution is 9.10. The van der Waals surface area contributed by atoms with E-state index in [4.69, 9.17) is 0 Å². The van der Waals surface area contributed by atoms with Gasteiger partial charge in [0.1, 0.15) is 5.69 Å². The monoisotopic (exact) mass is 486 g/mol. The van der Waals surface area contributed by atoms with Crippen molar-refractivity contribution in [2.45, 2.75) is 6.92 Å². The summed E-state index contributed by atoms with van der Waals surface area (Å²) in [7, 11) is 1.90. The van der Waals surface area contributed by atoms with E-state index in [-0.39, 0.29) is 5.91 Å². The summed E-state index contributed by atoms with van der Waals surface area (Å²) in [6.45, 7) is 2.10. The summed E-state index contributed by atoms with van der Waals surface area (Å²) >= 11 is 3.46. The number of nitrogens with one attached hydrogen (secondary N) is 2. The van der Waals surface area contributed by atoms with E-state index in [9.17, 15) is 4.79 Å². The number of fused-ring (bicyclic) bond motifs is 1. The molecule has 0 aliphatic rings. The van der Waals surface area contributed by atoms with Gasteiger partial charge in [0.2, 0.25) is 5.82 Å².